The maximum atomic E-state index is 12.4. The highest BCUT2D eigenvalue weighted by molar-refractivity contribution is 7.92. The molecule has 2 aromatic carbocycles. The molecule has 0 fully saturated rings. The molecule has 128 valence electrons. The average molecular weight is 354 g/mol. The van der Waals surface area contributed by atoms with Crippen molar-refractivity contribution < 1.29 is 8.42 Å². The maximum absolute atomic E-state index is 12.4. The molecule has 25 heavy (non-hydrogen) atoms. The van der Waals surface area contributed by atoms with E-state index in [1.807, 2.05) is 37.3 Å². The summed E-state index contributed by atoms with van der Waals surface area (Å²) in [5.41, 5.74) is 1.95. The molecule has 2 N–H and O–H groups in total. The molecule has 1 aromatic heterocycles. The molecule has 1 heterocycles. The van der Waals surface area contributed by atoms with Crippen molar-refractivity contribution >= 4 is 27.3 Å². The molecular weight excluding hydrogens is 336 g/mol. The summed E-state index contributed by atoms with van der Waals surface area (Å²) in [6, 6.07) is 19.5. The molecule has 0 aliphatic carbocycles. The fourth-order valence-electron chi connectivity index (χ4n) is 2.22. The van der Waals surface area contributed by atoms with Gasteiger partial charge in [0.05, 0.1) is 4.90 Å². The van der Waals surface area contributed by atoms with Gasteiger partial charge >= 0.3 is 0 Å². The van der Waals surface area contributed by atoms with Crippen LogP contribution in [-0.4, -0.2) is 18.6 Å². The zero-order valence-electron chi connectivity index (χ0n) is 13.7. The fraction of sp³-hybridized carbons (Fsp3) is 0.111. The zero-order chi connectivity index (χ0) is 17.7. The standard InChI is InChI=1S/C18H18N4O2S/c1-2-14-8-10-16(11-9-14)25(23,24)22-18-13-12-17(20-21-18)19-15-6-4-3-5-7-15/h3-13H,2H2,1H3,(H,19,20)(H,21,22). The van der Waals surface area contributed by atoms with Gasteiger partial charge in [0.15, 0.2) is 11.6 Å². The van der Waals surface area contributed by atoms with Crippen LogP contribution in [0.5, 0.6) is 0 Å². The first-order chi connectivity index (χ1) is 12.1. The van der Waals surface area contributed by atoms with Crippen molar-refractivity contribution in [1.82, 2.24) is 10.2 Å². The lowest BCUT2D eigenvalue weighted by Gasteiger charge is -2.08. The Kier molecular flexibility index (Phi) is 4.95. The van der Waals surface area contributed by atoms with E-state index in [0.717, 1.165) is 17.7 Å². The lowest BCUT2D eigenvalue weighted by atomic mass is 10.2. The van der Waals surface area contributed by atoms with Crippen LogP contribution in [0.15, 0.2) is 71.6 Å². The Morgan fingerprint density at radius 2 is 1.48 bits per heavy atom. The van der Waals surface area contributed by atoms with Gasteiger partial charge < -0.3 is 5.32 Å². The highest BCUT2D eigenvalue weighted by Crippen LogP contribution is 2.17. The summed E-state index contributed by atoms with van der Waals surface area (Å²) in [4.78, 5) is 0.193. The average Bonchev–Trinajstić information content (AvgIpc) is 2.64. The molecule has 0 atom stereocenters. The van der Waals surface area contributed by atoms with Crippen molar-refractivity contribution in [2.45, 2.75) is 18.2 Å². The molecular formula is C18H18N4O2S. The number of hydrogen-bond donors (Lipinski definition) is 2. The Morgan fingerprint density at radius 1 is 0.840 bits per heavy atom. The number of nitrogens with zero attached hydrogens (tertiary/aromatic N) is 2. The monoisotopic (exact) mass is 354 g/mol. The lowest BCUT2D eigenvalue weighted by Crippen LogP contribution is -2.14. The predicted octanol–water partition coefficient (Wildman–Crippen LogP) is 3.58. The van der Waals surface area contributed by atoms with Gasteiger partial charge in [-0.05, 0) is 48.4 Å². The van der Waals surface area contributed by atoms with Crippen LogP contribution < -0.4 is 10.0 Å². The van der Waals surface area contributed by atoms with Crippen molar-refractivity contribution in [3.63, 3.8) is 0 Å². The summed E-state index contributed by atoms with van der Waals surface area (Å²) in [6.07, 6.45) is 0.856. The van der Waals surface area contributed by atoms with E-state index < -0.39 is 10.0 Å². The van der Waals surface area contributed by atoms with Crippen LogP contribution in [0, 0.1) is 0 Å². The molecule has 0 radical (unpaired) electrons. The normalized spacial score (nSPS) is 11.1. The molecule has 0 bridgehead atoms. The second-order valence-corrected chi connectivity index (χ2v) is 7.08. The first-order valence-corrected chi connectivity index (χ1v) is 9.33. The van der Waals surface area contributed by atoms with Gasteiger partial charge in [-0.15, -0.1) is 10.2 Å². The Morgan fingerprint density at radius 3 is 2.08 bits per heavy atom. The molecule has 3 aromatic rings. The van der Waals surface area contributed by atoms with Gasteiger partial charge in [0, 0.05) is 5.69 Å². The first kappa shape index (κ1) is 16.9. The van der Waals surface area contributed by atoms with Crippen LogP contribution in [0.2, 0.25) is 0 Å². The molecule has 0 saturated carbocycles. The second kappa shape index (κ2) is 7.31. The fourth-order valence-corrected chi connectivity index (χ4v) is 3.22. The van der Waals surface area contributed by atoms with E-state index in [9.17, 15) is 8.42 Å². The Hall–Kier alpha value is -2.93. The Balaban J connectivity index is 1.71. The third kappa shape index (κ3) is 4.33. The van der Waals surface area contributed by atoms with Crippen LogP contribution in [-0.2, 0) is 16.4 Å². The smallest absolute Gasteiger partial charge is 0.263 e. The van der Waals surface area contributed by atoms with E-state index in [-0.39, 0.29) is 10.7 Å². The van der Waals surface area contributed by atoms with Crippen LogP contribution in [0.4, 0.5) is 17.3 Å². The van der Waals surface area contributed by atoms with Crippen molar-refractivity contribution in [2.75, 3.05) is 10.0 Å². The quantitative estimate of drug-likeness (QED) is 0.707. The number of benzene rings is 2. The van der Waals surface area contributed by atoms with E-state index in [0.29, 0.717) is 5.82 Å². The summed E-state index contributed by atoms with van der Waals surface area (Å²) in [5.74, 6) is 0.694. The highest BCUT2D eigenvalue weighted by Gasteiger charge is 2.15. The van der Waals surface area contributed by atoms with Crippen LogP contribution >= 0.6 is 0 Å². The molecule has 0 saturated heterocycles. The minimum Gasteiger partial charge on any atom is -0.339 e. The molecule has 0 unspecified atom stereocenters. The van der Waals surface area contributed by atoms with Gasteiger partial charge in [0.2, 0.25) is 0 Å². The first-order valence-electron chi connectivity index (χ1n) is 7.84. The summed E-state index contributed by atoms with van der Waals surface area (Å²) in [7, 11) is -3.68. The maximum Gasteiger partial charge on any atom is 0.263 e. The molecule has 6 nitrogen and oxygen atoms in total. The van der Waals surface area contributed by atoms with Crippen LogP contribution in [0.25, 0.3) is 0 Å². The molecule has 0 aliphatic heterocycles. The van der Waals surface area contributed by atoms with Gasteiger partial charge in [-0.1, -0.05) is 37.3 Å². The number of rotatable bonds is 6. The number of sulfonamides is 1. The molecule has 3 rings (SSSR count). The van der Waals surface area contributed by atoms with E-state index >= 15 is 0 Å². The molecule has 0 aliphatic rings. The summed E-state index contributed by atoms with van der Waals surface area (Å²) < 4.78 is 27.2. The van der Waals surface area contributed by atoms with Crippen molar-refractivity contribution in [3.8, 4) is 0 Å². The molecule has 0 spiro atoms. The second-order valence-electron chi connectivity index (χ2n) is 5.40. The minimum atomic E-state index is -3.68. The van der Waals surface area contributed by atoms with Crippen LogP contribution in [0.1, 0.15) is 12.5 Å². The number of aryl methyl sites for hydroxylation is 1. The van der Waals surface area contributed by atoms with Gasteiger partial charge in [0.1, 0.15) is 0 Å². The van der Waals surface area contributed by atoms with Gasteiger partial charge in [-0.3, -0.25) is 4.72 Å². The van der Waals surface area contributed by atoms with E-state index in [1.54, 1.807) is 36.4 Å². The van der Waals surface area contributed by atoms with E-state index in [2.05, 4.69) is 20.2 Å². The number of hydrogen-bond acceptors (Lipinski definition) is 5. The molecule has 0 amide bonds. The summed E-state index contributed by atoms with van der Waals surface area (Å²) in [5, 5.41) is 11.0. The van der Waals surface area contributed by atoms with Crippen molar-refractivity contribution in [3.05, 3.63) is 72.3 Å². The van der Waals surface area contributed by atoms with Crippen LogP contribution in [0.3, 0.4) is 0 Å². The number of nitrogens with one attached hydrogen (secondary N) is 2. The highest BCUT2D eigenvalue weighted by atomic mass is 32.2. The zero-order valence-corrected chi connectivity index (χ0v) is 14.5. The largest absolute Gasteiger partial charge is 0.339 e. The number of aromatic nitrogens is 2. The van der Waals surface area contributed by atoms with Gasteiger partial charge in [0.25, 0.3) is 10.0 Å². The number of anilines is 3. The third-order valence-electron chi connectivity index (χ3n) is 3.59. The topological polar surface area (TPSA) is 84.0 Å². The Bertz CT molecular complexity index is 925. The van der Waals surface area contributed by atoms with E-state index in [4.69, 9.17) is 0 Å². The van der Waals surface area contributed by atoms with Gasteiger partial charge in [-0.2, -0.15) is 0 Å². The summed E-state index contributed by atoms with van der Waals surface area (Å²) in [6.45, 7) is 2.02. The third-order valence-corrected chi connectivity index (χ3v) is 4.96. The predicted molar refractivity (Wildman–Crippen MR) is 98.4 cm³/mol. The van der Waals surface area contributed by atoms with Crippen molar-refractivity contribution in [1.29, 1.82) is 0 Å². The summed E-state index contributed by atoms with van der Waals surface area (Å²) >= 11 is 0. The van der Waals surface area contributed by atoms with Gasteiger partial charge in [-0.25, -0.2) is 8.42 Å². The Labute approximate surface area is 147 Å². The lowest BCUT2D eigenvalue weighted by molar-refractivity contribution is 0.601. The SMILES string of the molecule is CCc1ccc(S(=O)(=O)Nc2ccc(Nc3ccccc3)nn2)cc1. The van der Waals surface area contributed by atoms with Crippen molar-refractivity contribution in [2.24, 2.45) is 0 Å². The molecule has 7 heteroatoms. The number of para-hydroxylation sites is 1. The minimum absolute atomic E-state index is 0.165. The van der Waals surface area contributed by atoms with E-state index in [1.165, 1.54) is 0 Å².